The van der Waals surface area contributed by atoms with Gasteiger partial charge in [0.2, 0.25) is 0 Å². The van der Waals surface area contributed by atoms with E-state index in [2.05, 4.69) is 10.4 Å². The molecule has 0 aliphatic rings. The molecule has 1 amide bonds. The second-order valence-corrected chi connectivity index (χ2v) is 3.92. The molecule has 0 saturated carbocycles. The quantitative estimate of drug-likeness (QED) is 0.853. The van der Waals surface area contributed by atoms with E-state index in [1.54, 1.807) is 24.9 Å². The minimum Gasteiger partial charge on any atom is -0.507 e. The topological polar surface area (TPSA) is 67.2 Å². The zero-order chi connectivity index (χ0) is 13.3. The Morgan fingerprint density at radius 3 is 2.78 bits per heavy atom. The lowest BCUT2D eigenvalue weighted by Gasteiger charge is -2.05. The van der Waals surface area contributed by atoms with Crippen LogP contribution in [0.5, 0.6) is 5.75 Å². The van der Waals surface area contributed by atoms with Crippen LogP contribution in [-0.4, -0.2) is 20.8 Å². The fourth-order valence-electron chi connectivity index (χ4n) is 1.61. The highest BCUT2D eigenvalue weighted by atomic mass is 19.1. The largest absolute Gasteiger partial charge is 0.507 e. The van der Waals surface area contributed by atoms with Crippen molar-refractivity contribution in [2.24, 2.45) is 7.05 Å². The summed E-state index contributed by atoms with van der Waals surface area (Å²) in [5.41, 5.74) is 1.22. The van der Waals surface area contributed by atoms with Crippen LogP contribution in [0.15, 0.2) is 24.4 Å². The molecule has 0 bridgehead atoms. The minimum absolute atomic E-state index is 0.0136. The normalized spacial score (nSPS) is 10.4. The average molecular weight is 249 g/mol. The Bertz CT molecular complexity index is 607. The van der Waals surface area contributed by atoms with Gasteiger partial charge in [0.25, 0.3) is 5.91 Å². The summed E-state index contributed by atoms with van der Waals surface area (Å²) in [6.07, 6.45) is 1.65. The van der Waals surface area contributed by atoms with Gasteiger partial charge in [-0.2, -0.15) is 5.10 Å². The van der Waals surface area contributed by atoms with Crippen molar-refractivity contribution in [1.29, 1.82) is 0 Å². The molecular formula is C12H12FN3O2. The number of aromatic hydroxyl groups is 1. The molecule has 0 fully saturated rings. The van der Waals surface area contributed by atoms with Gasteiger partial charge in [0.05, 0.1) is 16.9 Å². The Balaban J connectivity index is 2.24. The number of halogens is 1. The van der Waals surface area contributed by atoms with Crippen LogP contribution in [0.2, 0.25) is 0 Å². The molecule has 0 saturated heterocycles. The van der Waals surface area contributed by atoms with Crippen LogP contribution in [0.1, 0.15) is 16.1 Å². The lowest BCUT2D eigenvalue weighted by Crippen LogP contribution is -2.12. The molecule has 0 spiro atoms. The number of nitrogens with zero attached hydrogens (tertiary/aromatic N) is 2. The summed E-state index contributed by atoms with van der Waals surface area (Å²) in [5.74, 6) is -1.50. The van der Waals surface area contributed by atoms with Gasteiger partial charge in [-0.15, -0.1) is 0 Å². The summed E-state index contributed by atoms with van der Waals surface area (Å²) in [6.45, 7) is 1.75. The molecule has 1 aromatic heterocycles. The van der Waals surface area contributed by atoms with Crippen molar-refractivity contribution < 1.29 is 14.3 Å². The molecule has 0 radical (unpaired) electrons. The van der Waals surface area contributed by atoms with Crippen LogP contribution < -0.4 is 5.32 Å². The highest BCUT2D eigenvalue weighted by molar-refractivity contribution is 6.06. The third-order valence-electron chi connectivity index (χ3n) is 2.47. The number of carbonyl (C=O) groups is 1. The first-order chi connectivity index (χ1) is 8.47. The molecule has 6 heteroatoms. The maximum absolute atomic E-state index is 12.8. The summed E-state index contributed by atoms with van der Waals surface area (Å²) in [7, 11) is 1.73. The van der Waals surface area contributed by atoms with Gasteiger partial charge in [0, 0.05) is 19.3 Å². The van der Waals surface area contributed by atoms with E-state index in [4.69, 9.17) is 0 Å². The molecule has 0 unspecified atom stereocenters. The van der Waals surface area contributed by atoms with Crippen LogP contribution in [-0.2, 0) is 7.05 Å². The van der Waals surface area contributed by atoms with Crippen LogP contribution in [0.25, 0.3) is 0 Å². The molecule has 1 heterocycles. The highest BCUT2D eigenvalue weighted by Gasteiger charge is 2.14. The fourth-order valence-corrected chi connectivity index (χ4v) is 1.61. The first-order valence-electron chi connectivity index (χ1n) is 5.27. The monoisotopic (exact) mass is 249 g/mol. The van der Waals surface area contributed by atoms with Crippen molar-refractivity contribution >= 4 is 11.6 Å². The number of rotatable bonds is 2. The first kappa shape index (κ1) is 12.1. The van der Waals surface area contributed by atoms with Gasteiger partial charge in [-0.25, -0.2) is 4.39 Å². The van der Waals surface area contributed by atoms with Crippen LogP contribution >= 0.6 is 0 Å². The summed E-state index contributed by atoms with van der Waals surface area (Å²) in [4.78, 5) is 11.9. The Morgan fingerprint density at radius 1 is 1.50 bits per heavy atom. The van der Waals surface area contributed by atoms with Crippen molar-refractivity contribution in [3.05, 3.63) is 41.5 Å². The Labute approximate surface area is 103 Å². The SMILES string of the molecule is Cc1nn(C)cc1NC(=O)c1ccc(F)cc1O. The van der Waals surface area contributed by atoms with Gasteiger partial charge < -0.3 is 10.4 Å². The van der Waals surface area contributed by atoms with Crippen molar-refractivity contribution in [2.75, 3.05) is 5.32 Å². The summed E-state index contributed by atoms with van der Waals surface area (Å²) in [5, 5.41) is 16.2. The molecule has 1 aromatic carbocycles. The van der Waals surface area contributed by atoms with E-state index in [-0.39, 0.29) is 5.56 Å². The lowest BCUT2D eigenvalue weighted by atomic mass is 10.2. The molecule has 5 nitrogen and oxygen atoms in total. The number of amides is 1. The van der Waals surface area contributed by atoms with E-state index in [1.165, 1.54) is 6.07 Å². The third kappa shape index (κ3) is 2.32. The van der Waals surface area contributed by atoms with Gasteiger partial charge in [-0.1, -0.05) is 0 Å². The smallest absolute Gasteiger partial charge is 0.259 e. The number of phenols is 1. The van der Waals surface area contributed by atoms with Gasteiger partial charge in [-0.3, -0.25) is 9.48 Å². The molecule has 0 aliphatic carbocycles. The van der Waals surface area contributed by atoms with Crippen LogP contribution in [0, 0.1) is 12.7 Å². The maximum atomic E-state index is 12.8. The Morgan fingerprint density at radius 2 is 2.22 bits per heavy atom. The molecule has 2 N–H and O–H groups in total. The number of benzene rings is 1. The number of phenolic OH excluding ortho intramolecular Hbond substituents is 1. The molecule has 0 aliphatic heterocycles. The number of anilines is 1. The second-order valence-electron chi connectivity index (χ2n) is 3.92. The zero-order valence-corrected chi connectivity index (χ0v) is 9.94. The van der Waals surface area contributed by atoms with Gasteiger partial charge >= 0.3 is 0 Å². The van der Waals surface area contributed by atoms with E-state index < -0.39 is 17.5 Å². The highest BCUT2D eigenvalue weighted by Crippen LogP contribution is 2.20. The van der Waals surface area contributed by atoms with Crippen LogP contribution in [0.4, 0.5) is 10.1 Å². The van der Waals surface area contributed by atoms with E-state index in [9.17, 15) is 14.3 Å². The van der Waals surface area contributed by atoms with E-state index in [0.717, 1.165) is 12.1 Å². The average Bonchev–Trinajstić information content (AvgIpc) is 2.57. The number of aromatic nitrogens is 2. The lowest BCUT2D eigenvalue weighted by molar-refractivity contribution is 0.102. The fraction of sp³-hybridized carbons (Fsp3) is 0.167. The molecule has 2 aromatic rings. The summed E-state index contributed by atoms with van der Waals surface area (Å²) < 4.78 is 14.4. The number of nitrogens with one attached hydrogen (secondary N) is 1. The standard InChI is InChI=1S/C12H12FN3O2/c1-7-10(6-16(2)15-7)14-12(18)9-4-3-8(13)5-11(9)17/h3-6,17H,1-2H3,(H,14,18). The number of carbonyl (C=O) groups excluding carboxylic acids is 1. The second kappa shape index (κ2) is 4.48. The molecular weight excluding hydrogens is 237 g/mol. The van der Waals surface area contributed by atoms with E-state index in [0.29, 0.717) is 11.4 Å². The van der Waals surface area contributed by atoms with Gasteiger partial charge in [0.1, 0.15) is 11.6 Å². The predicted octanol–water partition coefficient (Wildman–Crippen LogP) is 1.83. The van der Waals surface area contributed by atoms with Crippen LogP contribution in [0.3, 0.4) is 0 Å². The number of aryl methyl sites for hydroxylation is 2. The number of hydrogen-bond acceptors (Lipinski definition) is 3. The van der Waals surface area contributed by atoms with Crippen molar-refractivity contribution in [3.8, 4) is 5.75 Å². The Hall–Kier alpha value is -2.37. The van der Waals surface area contributed by atoms with Crippen molar-refractivity contribution in [2.45, 2.75) is 6.92 Å². The zero-order valence-electron chi connectivity index (χ0n) is 9.94. The van der Waals surface area contributed by atoms with Crippen molar-refractivity contribution in [3.63, 3.8) is 0 Å². The van der Waals surface area contributed by atoms with E-state index >= 15 is 0 Å². The predicted molar refractivity (Wildman–Crippen MR) is 64.0 cm³/mol. The third-order valence-corrected chi connectivity index (χ3v) is 2.47. The van der Waals surface area contributed by atoms with E-state index in [1.807, 2.05) is 0 Å². The molecule has 18 heavy (non-hydrogen) atoms. The molecule has 94 valence electrons. The van der Waals surface area contributed by atoms with Gasteiger partial charge in [-0.05, 0) is 19.1 Å². The minimum atomic E-state index is -0.596. The Kier molecular flexibility index (Phi) is 3.01. The summed E-state index contributed by atoms with van der Waals surface area (Å²) in [6, 6.07) is 3.24. The molecule has 0 atom stereocenters. The van der Waals surface area contributed by atoms with Crippen molar-refractivity contribution in [1.82, 2.24) is 9.78 Å². The molecule has 2 rings (SSSR count). The summed E-state index contributed by atoms with van der Waals surface area (Å²) >= 11 is 0. The van der Waals surface area contributed by atoms with Gasteiger partial charge in [0.15, 0.2) is 0 Å². The maximum Gasteiger partial charge on any atom is 0.259 e. The number of hydrogen-bond donors (Lipinski definition) is 2. The first-order valence-corrected chi connectivity index (χ1v) is 5.27.